The number of aryl methyl sites for hydroxylation is 1. The second kappa shape index (κ2) is 5.12. The summed E-state index contributed by atoms with van der Waals surface area (Å²) in [5, 5.41) is 15.6. The second-order valence-corrected chi connectivity index (χ2v) is 4.74. The Morgan fingerprint density at radius 1 is 1.58 bits per heavy atom. The first-order valence-corrected chi connectivity index (χ1v) is 6.10. The average molecular weight is 320 g/mol. The van der Waals surface area contributed by atoms with Gasteiger partial charge in [0.05, 0.1) is 23.1 Å². The molecular weight excluding hydrogens is 310 g/mol. The van der Waals surface area contributed by atoms with Gasteiger partial charge in [-0.25, -0.2) is 0 Å². The highest BCUT2D eigenvalue weighted by molar-refractivity contribution is 9.10. The van der Waals surface area contributed by atoms with Crippen LogP contribution in [0.5, 0.6) is 0 Å². The predicted octanol–water partition coefficient (Wildman–Crippen LogP) is 1.89. The van der Waals surface area contributed by atoms with Crippen LogP contribution in [-0.2, 0) is 7.05 Å². The van der Waals surface area contributed by atoms with Crippen molar-refractivity contribution in [3.63, 3.8) is 0 Å². The van der Waals surface area contributed by atoms with Gasteiger partial charge < -0.3 is 11.1 Å². The molecule has 0 atom stereocenters. The van der Waals surface area contributed by atoms with Gasteiger partial charge in [-0.1, -0.05) is 15.9 Å². The number of nitrogen functional groups attached to an aromatic ring is 1. The van der Waals surface area contributed by atoms with E-state index in [2.05, 4.69) is 26.3 Å². The van der Waals surface area contributed by atoms with Crippen molar-refractivity contribution >= 4 is 33.2 Å². The van der Waals surface area contributed by atoms with E-state index in [1.54, 1.807) is 25.2 Å². The molecule has 0 unspecified atom stereocenters. The highest BCUT2D eigenvalue weighted by Gasteiger charge is 2.16. The maximum Gasteiger partial charge on any atom is 0.276 e. The van der Waals surface area contributed by atoms with Crippen LogP contribution in [0, 0.1) is 11.3 Å². The SMILES string of the molecule is Cn1ncc(N)c1C(=O)Nc1ccc(Br)cc1C#N. The van der Waals surface area contributed by atoms with Gasteiger partial charge >= 0.3 is 0 Å². The van der Waals surface area contributed by atoms with E-state index in [1.165, 1.54) is 10.9 Å². The molecule has 0 saturated heterocycles. The number of rotatable bonds is 2. The number of nitriles is 1. The van der Waals surface area contributed by atoms with Gasteiger partial charge in [-0.15, -0.1) is 0 Å². The minimum Gasteiger partial charge on any atom is -0.396 e. The molecule has 1 aromatic carbocycles. The van der Waals surface area contributed by atoms with Gasteiger partial charge in [-0.2, -0.15) is 10.4 Å². The molecule has 7 heteroatoms. The second-order valence-electron chi connectivity index (χ2n) is 3.83. The first-order chi connectivity index (χ1) is 9.02. The van der Waals surface area contributed by atoms with Crippen LogP contribution in [0.25, 0.3) is 0 Å². The summed E-state index contributed by atoms with van der Waals surface area (Å²) in [4.78, 5) is 12.1. The van der Waals surface area contributed by atoms with Crippen LogP contribution in [-0.4, -0.2) is 15.7 Å². The van der Waals surface area contributed by atoms with Crippen molar-refractivity contribution in [1.29, 1.82) is 5.26 Å². The van der Waals surface area contributed by atoms with Gasteiger partial charge in [-0.05, 0) is 18.2 Å². The minimum atomic E-state index is -0.406. The topological polar surface area (TPSA) is 96.7 Å². The Hall–Kier alpha value is -2.33. The fourth-order valence-electron chi connectivity index (χ4n) is 1.63. The van der Waals surface area contributed by atoms with E-state index in [4.69, 9.17) is 11.0 Å². The van der Waals surface area contributed by atoms with Crippen molar-refractivity contribution in [2.45, 2.75) is 0 Å². The van der Waals surface area contributed by atoms with Crippen LogP contribution in [0.3, 0.4) is 0 Å². The lowest BCUT2D eigenvalue weighted by molar-refractivity contribution is 0.101. The molecule has 0 fully saturated rings. The zero-order valence-corrected chi connectivity index (χ0v) is 11.6. The van der Waals surface area contributed by atoms with Crippen LogP contribution in [0.4, 0.5) is 11.4 Å². The Morgan fingerprint density at radius 3 is 2.89 bits per heavy atom. The van der Waals surface area contributed by atoms with Crippen LogP contribution < -0.4 is 11.1 Å². The number of hydrogen-bond donors (Lipinski definition) is 2. The highest BCUT2D eigenvalue weighted by Crippen LogP contribution is 2.21. The van der Waals surface area contributed by atoms with Gasteiger partial charge in [0.1, 0.15) is 11.8 Å². The number of benzene rings is 1. The fourth-order valence-corrected chi connectivity index (χ4v) is 1.99. The number of anilines is 2. The number of nitrogens with one attached hydrogen (secondary N) is 1. The zero-order chi connectivity index (χ0) is 14.0. The number of nitrogens with two attached hydrogens (primary N) is 1. The number of hydrogen-bond acceptors (Lipinski definition) is 4. The van der Waals surface area contributed by atoms with E-state index in [-0.39, 0.29) is 11.4 Å². The van der Waals surface area contributed by atoms with Gasteiger partial charge in [0.25, 0.3) is 5.91 Å². The summed E-state index contributed by atoms with van der Waals surface area (Å²) >= 11 is 3.27. The van der Waals surface area contributed by atoms with Crippen LogP contribution in [0.15, 0.2) is 28.9 Å². The van der Waals surface area contributed by atoms with Crippen molar-refractivity contribution < 1.29 is 4.79 Å². The molecule has 2 aromatic rings. The van der Waals surface area contributed by atoms with Gasteiger partial charge in [0.2, 0.25) is 0 Å². The molecule has 0 aliphatic rings. The molecule has 0 saturated carbocycles. The Kier molecular flexibility index (Phi) is 3.53. The molecule has 96 valence electrons. The summed E-state index contributed by atoms with van der Waals surface area (Å²) in [6.07, 6.45) is 1.40. The Morgan fingerprint density at radius 2 is 2.32 bits per heavy atom. The third-order valence-electron chi connectivity index (χ3n) is 2.53. The van der Waals surface area contributed by atoms with E-state index in [1.807, 2.05) is 6.07 Å². The van der Waals surface area contributed by atoms with E-state index < -0.39 is 5.91 Å². The molecule has 0 radical (unpaired) electrons. The van der Waals surface area contributed by atoms with E-state index in [9.17, 15) is 4.79 Å². The largest absolute Gasteiger partial charge is 0.396 e. The lowest BCUT2D eigenvalue weighted by Crippen LogP contribution is -2.18. The smallest absolute Gasteiger partial charge is 0.276 e. The van der Waals surface area contributed by atoms with Gasteiger partial charge in [-0.3, -0.25) is 9.48 Å². The molecular formula is C12H10BrN5O. The predicted molar refractivity (Wildman–Crippen MR) is 74.4 cm³/mol. The average Bonchev–Trinajstić information content (AvgIpc) is 2.71. The van der Waals surface area contributed by atoms with Crippen LogP contribution >= 0.6 is 15.9 Å². The molecule has 1 aromatic heterocycles. The van der Waals surface area contributed by atoms with Crippen LogP contribution in [0.1, 0.15) is 16.1 Å². The van der Waals surface area contributed by atoms with Crippen molar-refractivity contribution in [3.8, 4) is 6.07 Å². The van der Waals surface area contributed by atoms with Crippen molar-refractivity contribution in [3.05, 3.63) is 40.1 Å². The molecule has 1 heterocycles. The first kappa shape index (κ1) is 13.1. The Bertz CT molecular complexity index is 666. The molecule has 2 rings (SSSR count). The third-order valence-corrected chi connectivity index (χ3v) is 3.03. The third kappa shape index (κ3) is 2.58. The maximum atomic E-state index is 12.1. The minimum absolute atomic E-state index is 0.256. The van der Waals surface area contributed by atoms with Crippen molar-refractivity contribution in [2.24, 2.45) is 7.05 Å². The van der Waals surface area contributed by atoms with E-state index >= 15 is 0 Å². The monoisotopic (exact) mass is 319 g/mol. The number of aromatic nitrogens is 2. The summed E-state index contributed by atoms with van der Waals surface area (Å²) < 4.78 is 2.15. The quantitative estimate of drug-likeness (QED) is 0.883. The van der Waals surface area contributed by atoms with Gasteiger partial charge in [0, 0.05) is 11.5 Å². The fraction of sp³-hybridized carbons (Fsp3) is 0.0833. The maximum absolute atomic E-state index is 12.1. The number of carbonyl (C=O) groups excluding carboxylic acids is 1. The number of nitrogens with zero attached hydrogens (tertiary/aromatic N) is 3. The molecule has 0 aliphatic heterocycles. The molecule has 0 aliphatic carbocycles. The number of carbonyl (C=O) groups is 1. The van der Waals surface area contributed by atoms with Crippen LogP contribution in [0.2, 0.25) is 0 Å². The molecule has 19 heavy (non-hydrogen) atoms. The summed E-state index contributed by atoms with van der Waals surface area (Å²) in [6.45, 7) is 0. The summed E-state index contributed by atoms with van der Waals surface area (Å²) in [6, 6.07) is 7.03. The Balaban J connectivity index is 2.33. The van der Waals surface area contributed by atoms with E-state index in [0.717, 1.165) is 4.47 Å². The number of halogens is 1. The molecule has 0 bridgehead atoms. The van der Waals surface area contributed by atoms with Crippen molar-refractivity contribution in [2.75, 3.05) is 11.1 Å². The lowest BCUT2D eigenvalue weighted by Gasteiger charge is -2.08. The summed E-state index contributed by atoms with van der Waals surface area (Å²) in [5.41, 5.74) is 7.01. The normalized spacial score (nSPS) is 9.95. The molecule has 1 amide bonds. The van der Waals surface area contributed by atoms with Gasteiger partial charge in [0.15, 0.2) is 0 Å². The first-order valence-electron chi connectivity index (χ1n) is 5.31. The number of amides is 1. The molecule has 6 nitrogen and oxygen atoms in total. The lowest BCUT2D eigenvalue weighted by atomic mass is 10.2. The van der Waals surface area contributed by atoms with E-state index in [0.29, 0.717) is 11.3 Å². The zero-order valence-electron chi connectivity index (χ0n) is 10.0. The van der Waals surface area contributed by atoms with Crippen molar-refractivity contribution in [1.82, 2.24) is 9.78 Å². The summed E-state index contributed by atoms with van der Waals surface area (Å²) in [7, 11) is 1.62. The standard InChI is InChI=1S/C12H10BrN5O/c1-18-11(9(15)6-16-18)12(19)17-10-3-2-8(13)4-7(10)5-14/h2-4,6H,15H2,1H3,(H,17,19). The Labute approximate surface area is 118 Å². The molecule has 3 N–H and O–H groups in total. The highest BCUT2D eigenvalue weighted by atomic mass is 79.9. The summed E-state index contributed by atoms with van der Waals surface area (Å²) in [5.74, 6) is -0.406. The molecule has 0 spiro atoms.